The summed E-state index contributed by atoms with van der Waals surface area (Å²) in [6, 6.07) is 9.27. The van der Waals surface area contributed by atoms with Gasteiger partial charge in [0.15, 0.2) is 0 Å². The average Bonchev–Trinajstić information content (AvgIpc) is 3.04. The maximum absolute atomic E-state index is 5.59. The number of hydrogen-bond acceptors (Lipinski definition) is 4. The normalized spacial score (nSPS) is 23.2. The average molecular weight is 289 g/mol. The fourth-order valence-corrected chi connectivity index (χ4v) is 3.51. The topological polar surface area (TPSA) is 27.7 Å². The van der Waals surface area contributed by atoms with E-state index in [9.17, 15) is 0 Å². The number of nitrogens with zero attached hydrogens (tertiary/aromatic N) is 2. The van der Waals surface area contributed by atoms with Crippen molar-refractivity contribution in [2.75, 3.05) is 56.2 Å². The molecule has 0 aliphatic carbocycles. The van der Waals surface area contributed by atoms with E-state index in [4.69, 9.17) is 4.74 Å². The first-order chi connectivity index (χ1) is 10.3. The molecule has 21 heavy (non-hydrogen) atoms. The molecule has 3 rings (SSSR count). The monoisotopic (exact) mass is 289 g/mol. The molecule has 1 saturated heterocycles. The summed E-state index contributed by atoms with van der Waals surface area (Å²) >= 11 is 0. The SMILES string of the molecule is CCNC(CN1CCN(C)c2ccccc21)C1CCOC1. The summed E-state index contributed by atoms with van der Waals surface area (Å²) in [5, 5.41) is 3.68. The Morgan fingerprint density at radius 1 is 1.29 bits per heavy atom. The lowest BCUT2D eigenvalue weighted by molar-refractivity contribution is 0.177. The van der Waals surface area contributed by atoms with Gasteiger partial charge in [0.25, 0.3) is 0 Å². The zero-order valence-electron chi connectivity index (χ0n) is 13.2. The van der Waals surface area contributed by atoms with Gasteiger partial charge in [-0.15, -0.1) is 0 Å². The molecule has 0 radical (unpaired) electrons. The second-order valence-corrected chi connectivity index (χ2v) is 6.14. The lowest BCUT2D eigenvalue weighted by atomic mass is 9.97. The highest BCUT2D eigenvalue weighted by Gasteiger charge is 2.29. The second-order valence-electron chi connectivity index (χ2n) is 6.14. The van der Waals surface area contributed by atoms with E-state index in [0.717, 1.165) is 39.4 Å². The summed E-state index contributed by atoms with van der Waals surface area (Å²) in [6.45, 7) is 8.32. The number of hydrogen-bond donors (Lipinski definition) is 1. The molecule has 0 saturated carbocycles. The van der Waals surface area contributed by atoms with Gasteiger partial charge in [-0.3, -0.25) is 0 Å². The van der Waals surface area contributed by atoms with Crippen molar-refractivity contribution in [3.8, 4) is 0 Å². The molecule has 2 aliphatic rings. The van der Waals surface area contributed by atoms with Crippen molar-refractivity contribution in [1.29, 1.82) is 0 Å². The minimum atomic E-state index is 0.522. The van der Waals surface area contributed by atoms with Crippen molar-refractivity contribution >= 4 is 11.4 Å². The number of para-hydroxylation sites is 2. The molecular weight excluding hydrogens is 262 g/mol. The van der Waals surface area contributed by atoms with Gasteiger partial charge in [-0.1, -0.05) is 19.1 Å². The lowest BCUT2D eigenvalue weighted by Crippen LogP contribution is -2.49. The molecule has 0 spiro atoms. The molecule has 1 aromatic rings. The predicted octanol–water partition coefficient (Wildman–Crippen LogP) is 1.96. The van der Waals surface area contributed by atoms with Gasteiger partial charge in [-0.05, 0) is 25.1 Å². The Hall–Kier alpha value is -1.26. The molecule has 2 heterocycles. The number of likely N-dealkylation sites (N-methyl/N-ethyl adjacent to an activating group) is 2. The third kappa shape index (κ3) is 3.16. The van der Waals surface area contributed by atoms with Gasteiger partial charge < -0.3 is 19.9 Å². The van der Waals surface area contributed by atoms with Crippen LogP contribution in [-0.2, 0) is 4.74 Å². The molecule has 116 valence electrons. The van der Waals surface area contributed by atoms with E-state index >= 15 is 0 Å². The van der Waals surface area contributed by atoms with E-state index in [1.165, 1.54) is 17.8 Å². The molecule has 1 aromatic carbocycles. The first-order valence-corrected chi connectivity index (χ1v) is 8.16. The summed E-state index contributed by atoms with van der Waals surface area (Å²) < 4.78 is 5.59. The van der Waals surface area contributed by atoms with Crippen molar-refractivity contribution in [3.63, 3.8) is 0 Å². The zero-order chi connectivity index (χ0) is 14.7. The maximum Gasteiger partial charge on any atom is 0.0605 e. The Kier molecular flexibility index (Phi) is 4.66. The maximum atomic E-state index is 5.59. The fraction of sp³-hybridized carbons (Fsp3) is 0.647. The van der Waals surface area contributed by atoms with Crippen LogP contribution in [0, 0.1) is 5.92 Å². The highest BCUT2D eigenvalue weighted by atomic mass is 16.5. The van der Waals surface area contributed by atoms with Crippen LogP contribution in [0.5, 0.6) is 0 Å². The summed E-state index contributed by atoms with van der Waals surface area (Å²) in [7, 11) is 2.18. The Balaban J connectivity index is 1.75. The number of anilines is 2. The van der Waals surface area contributed by atoms with E-state index in [1.54, 1.807) is 0 Å². The predicted molar refractivity (Wildman–Crippen MR) is 88.3 cm³/mol. The molecule has 4 heteroatoms. The molecule has 0 amide bonds. The minimum Gasteiger partial charge on any atom is -0.381 e. The van der Waals surface area contributed by atoms with Gasteiger partial charge in [0, 0.05) is 45.2 Å². The third-order valence-electron chi connectivity index (χ3n) is 4.76. The summed E-state index contributed by atoms with van der Waals surface area (Å²) in [5.41, 5.74) is 2.72. The Bertz CT molecular complexity index is 459. The van der Waals surface area contributed by atoms with E-state index < -0.39 is 0 Å². The van der Waals surface area contributed by atoms with Crippen molar-refractivity contribution in [2.45, 2.75) is 19.4 Å². The third-order valence-corrected chi connectivity index (χ3v) is 4.76. The summed E-state index contributed by atoms with van der Waals surface area (Å²) in [6.07, 6.45) is 1.19. The number of fused-ring (bicyclic) bond motifs is 1. The molecule has 0 bridgehead atoms. The highest BCUT2D eigenvalue weighted by Crippen LogP contribution is 2.32. The first kappa shape index (κ1) is 14.7. The number of nitrogens with one attached hydrogen (secondary N) is 1. The summed E-state index contributed by atoms with van der Waals surface area (Å²) in [5.74, 6) is 0.650. The fourth-order valence-electron chi connectivity index (χ4n) is 3.51. The molecular formula is C17H27N3O. The molecule has 0 aromatic heterocycles. The Morgan fingerprint density at radius 3 is 2.81 bits per heavy atom. The molecule has 2 atom stereocenters. The lowest BCUT2D eigenvalue weighted by Gasteiger charge is -2.39. The number of benzene rings is 1. The van der Waals surface area contributed by atoms with Crippen LogP contribution in [0.2, 0.25) is 0 Å². The molecule has 2 unspecified atom stereocenters. The number of rotatable bonds is 5. The van der Waals surface area contributed by atoms with E-state index in [1.807, 2.05) is 0 Å². The minimum absolute atomic E-state index is 0.522. The molecule has 1 N–H and O–H groups in total. The first-order valence-electron chi connectivity index (χ1n) is 8.16. The number of ether oxygens (including phenoxy) is 1. The van der Waals surface area contributed by atoms with Crippen LogP contribution in [0.3, 0.4) is 0 Å². The van der Waals surface area contributed by atoms with Gasteiger partial charge >= 0.3 is 0 Å². The zero-order valence-corrected chi connectivity index (χ0v) is 13.2. The highest BCUT2D eigenvalue weighted by molar-refractivity contribution is 5.73. The Morgan fingerprint density at radius 2 is 2.10 bits per heavy atom. The van der Waals surface area contributed by atoms with Crippen molar-refractivity contribution in [2.24, 2.45) is 5.92 Å². The van der Waals surface area contributed by atoms with Crippen molar-refractivity contribution in [1.82, 2.24) is 5.32 Å². The molecule has 4 nitrogen and oxygen atoms in total. The Labute approximate surface area is 128 Å². The van der Waals surface area contributed by atoms with Gasteiger partial charge in [0.1, 0.15) is 0 Å². The van der Waals surface area contributed by atoms with E-state index in [0.29, 0.717) is 12.0 Å². The van der Waals surface area contributed by atoms with Gasteiger partial charge in [0.2, 0.25) is 0 Å². The van der Waals surface area contributed by atoms with E-state index in [-0.39, 0.29) is 0 Å². The van der Waals surface area contributed by atoms with Crippen molar-refractivity contribution in [3.05, 3.63) is 24.3 Å². The van der Waals surface area contributed by atoms with Gasteiger partial charge in [0.05, 0.1) is 18.0 Å². The van der Waals surface area contributed by atoms with Crippen LogP contribution in [0.4, 0.5) is 11.4 Å². The quantitative estimate of drug-likeness (QED) is 0.897. The smallest absolute Gasteiger partial charge is 0.0605 e. The second kappa shape index (κ2) is 6.67. The molecule has 2 aliphatic heterocycles. The standard InChI is InChI=1S/C17H27N3O/c1-3-18-15(14-8-11-21-13-14)12-20-10-9-19(2)16-6-4-5-7-17(16)20/h4-7,14-15,18H,3,8-13H2,1-2H3. The van der Waals surface area contributed by atoms with Crippen LogP contribution in [0.25, 0.3) is 0 Å². The summed E-state index contributed by atoms with van der Waals surface area (Å²) in [4.78, 5) is 4.90. The molecule has 1 fully saturated rings. The van der Waals surface area contributed by atoms with Crippen molar-refractivity contribution < 1.29 is 4.74 Å². The van der Waals surface area contributed by atoms with Gasteiger partial charge in [-0.25, -0.2) is 0 Å². The van der Waals surface area contributed by atoms with Gasteiger partial charge in [-0.2, -0.15) is 0 Å². The van der Waals surface area contributed by atoms with Crippen LogP contribution < -0.4 is 15.1 Å². The van der Waals surface area contributed by atoms with Crippen LogP contribution in [-0.4, -0.2) is 52.5 Å². The van der Waals surface area contributed by atoms with Crippen LogP contribution in [0.15, 0.2) is 24.3 Å². The largest absolute Gasteiger partial charge is 0.381 e. The van der Waals surface area contributed by atoms with Crippen LogP contribution in [0.1, 0.15) is 13.3 Å². The van der Waals surface area contributed by atoms with Crippen LogP contribution >= 0.6 is 0 Å². The van der Waals surface area contributed by atoms with E-state index in [2.05, 4.69) is 53.4 Å².